The van der Waals surface area contributed by atoms with Crippen LogP contribution >= 0.6 is 11.5 Å². The predicted octanol–water partition coefficient (Wildman–Crippen LogP) is 5.50. The first-order valence-corrected chi connectivity index (χ1v) is 15.6. The summed E-state index contributed by atoms with van der Waals surface area (Å²) in [7, 11) is 0. The minimum absolute atomic E-state index is 0.0493. The Morgan fingerprint density at radius 3 is 2.00 bits per heavy atom. The van der Waals surface area contributed by atoms with Crippen LogP contribution in [0, 0.1) is 5.82 Å². The predicted molar refractivity (Wildman–Crippen MR) is 153 cm³/mol. The van der Waals surface area contributed by atoms with Crippen molar-refractivity contribution in [3.63, 3.8) is 0 Å². The van der Waals surface area contributed by atoms with E-state index in [4.69, 9.17) is 5.73 Å². The molecule has 1 atom stereocenters. The highest BCUT2D eigenvalue weighted by atomic mass is 32.1. The molecule has 1 aromatic carbocycles. The summed E-state index contributed by atoms with van der Waals surface area (Å²) in [6, 6.07) is 4.81. The van der Waals surface area contributed by atoms with Crippen molar-refractivity contribution < 1.29 is 18.8 Å². The zero-order valence-electron chi connectivity index (χ0n) is 23.0. The molecule has 5 rings (SSSR count). The van der Waals surface area contributed by atoms with Crippen LogP contribution in [0.1, 0.15) is 122 Å². The van der Waals surface area contributed by atoms with Gasteiger partial charge in [0.15, 0.2) is 5.69 Å². The minimum atomic E-state index is -0.945. The summed E-state index contributed by atoms with van der Waals surface area (Å²) in [5.41, 5.74) is 7.09. The highest BCUT2D eigenvalue weighted by Crippen LogP contribution is 2.36. The summed E-state index contributed by atoms with van der Waals surface area (Å²) in [6.07, 6.45) is 13.6. The highest BCUT2D eigenvalue weighted by molar-refractivity contribution is 7.09. The third-order valence-electron chi connectivity index (χ3n) is 8.69. The van der Waals surface area contributed by atoms with Crippen LogP contribution in [-0.4, -0.2) is 45.1 Å². The van der Waals surface area contributed by atoms with Crippen LogP contribution in [0.4, 0.5) is 10.1 Å². The summed E-state index contributed by atoms with van der Waals surface area (Å²) in [5, 5.41) is 6.22. The second kappa shape index (κ2) is 13.1. The van der Waals surface area contributed by atoms with Crippen LogP contribution < -0.4 is 16.4 Å². The van der Waals surface area contributed by atoms with Gasteiger partial charge in [0.2, 0.25) is 5.91 Å². The lowest BCUT2D eigenvalue weighted by atomic mass is 9.94. The van der Waals surface area contributed by atoms with E-state index in [0.717, 1.165) is 95.0 Å². The fourth-order valence-electron chi connectivity index (χ4n) is 6.52. The number of benzene rings is 1. The lowest BCUT2D eigenvalue weighted by molar-refractivity contribution is -0.127. The second-order valence-electron chi connectivity index (χ2n) is 11.5. The molecule has 40 heavy (non-hydrogen) atoms. The zero-order chi connectivity index (χ0) is 28.1. The average molecular weight is 570 g/mol. The van der Waals surface area contributed by atoms with E-state index in [2.05, 4.69) is 15.0 Å². The van der Waals surface area contributed by atoms with E-state index in [1.807, 2.05) is 0 Å². The molecule has 10 heteroatoms. The molecule has 3 fully saturated rings. The van der Waals surface area contributed by atoms with E-state index in [-0.39, 0.29) is 46.2 Å². The van der Waals surface area contributed by atoms with Gasteiger partial charge >= 0.3 is 0 Å². The maximum atomic E-state index is 14.3. The zero-order valence-corrected chi connectivity index (χ0v) is 23.8. The van der Waals surface area contributed by atoms with Gasteiger partial charge in [0.05, 0.1) is 5.69 Å². The Morgan fingerprint density at radius 2 is 1.40 bits per heavy atom. The number of nitrogens with zero attached hydrogens (tertiary/aromatic N) is 2. The number of hydrogen-bond donors (Lipinski definition) is 3. The monoisotopic (exact) mass is 569 g/mol. The summed E-state index contributed by atoms with van der Waals surface area (Å²) < 4.78 is 18.2. The van der Waals surface area contributed by atoms with Gasteiger partial charge < -0.3 is 21.3 Å². The normalized spacial score (nSPS) is 19.7. The van der Waals surface area contributed by atoms with Gasteiger partial charge in [-0.1, -0.05) is 63.5 Å². The van der Waals surface area contributed by atoms with E-state index in [9.17, 15) is 18.8 Å². The topological polar surface area (TPSA) is 117 Å². The molecule has 8 nitrogen and oxygen atoms in total. The fraction of sp³-hybridized carbons (Fsp3) is 0.600. The van der Waals surface area contributed by atoms with Gasteiger partial charge in [0, 0.05) is 18.1 Å². The Kier molecular flexibility index (Phi) is 9.34. The lowest BCUT2D eigenvalue weighted by Gasteiger charge is -2.37. The number of hydrogen-bond acceptors (Lipinski definition) is 6. The largest absolute Gasteiger partial charge is 0.395 e. The molecule has 1 heterocycles. The van der Waals surface area contributed by atoms with Crippen molar-refractivity contribution in [3.05, 3.63) is 46.2 Å². The SMILES string of the molecule is Nc1c(C(=O)NC2CCCCC2)nsc1C(=O)N(C1CCCC1)C(C(=O)NC1CCCCC1)c1ccc(F)cc1. The molecule has 1 unspecified atom stereocenters. The van der Waals surface area contributed by atoms with Gasteiger partial charge in [-0.2, -0.15) is 4.37 Å². The maximum absolute atomic E-state index is 14.3. The lowest BCUT2D eigenvalue weighted by Crippen LogP contribution is -2.50. The van der Waals surface area contributed by atoms with Crippen molar-refractivity contribution in [2.24, 2.45) is 0 Å². The molecular formula is C30H40FN5O3S. The molecule has 1 aromatic heterocycles. The molecule has 3 aliphatic carbocycles. The highest BCUT2D eigenvalue weighted by Gasteiger charge is 2.40. The van der Waals surface area contributed by atoms with Crippen LogP contribution in [0.2, 0.25) is 0 Å². The summed E-state index contributed by atoms with van der Waals surface area (Å²) in [5.74, 6) is -1.45. The van der Waals surface area contributed by atoms with Gasteiger partial charge in [-0.3, -0.25) is 14.4 Å². The van der Waals surface area contributed by atoms with E-state index in [0.29, 0.717) is 5.56 Å². The number of aromatic nitrogens is 1. The summed E-state index contributed by atoms with van der Waals surface area (Å²) in [6.45, 7) is 0. The standard InChI is InChI=1S/C30H40FN5O3S/c31-20-17-15-19(16-18-20)26(29(38)34-22-11-5-2-6-12-22)36(23-13-7-8-14-23)30(39)27-24(32)25(35-40-27)28(37)33-21-9-3-1-4-10-21/h15-18,21-23,26H,1-14,32H2,(H,33,37)(H,34,38). The number of halogens is 1. The smallest absolute Gasteiger partial charge is 0.273 e. The van der Waals surface area contributed by atoms with Crippen LogP contribution in [-0.2, 0) is 4.79 Å². The van der Waals surface area contributed by atoms with Gasteiger partial charge in [-0.15, -0.1) is 0 Å². The van der Waals surface area contributed by atoms with Crippen molar-refractivity contribution in [3.8, 4) is 0 Å². The molecule has 0 radical (unpaired) electrons. The fourth-order valence-corrected chi connectivity index (χ4v) is 7.26. The number of rotatable bonds is 8. The molecule has 4 N–H and O–H groups in total. The Balaban J connectivity index is 1.45. The Hall–Kier alpha value is -3.01. The number of carbonyl (C=O) groups excluding carboxylic acids is 3. The van der Waals surface area contributed by atoms with Crippen molar-refractivity contribution in [2.75, 3.05) is 5.73 Å². The van der Waals surface area contributed by atoms with Crippen LogP contribution in [0.3, 0.4) is 0 Å². The van der Waals surface area contributed by atoms with Crippen LogP contribution in [0.5, 0.6) is 0 Å². The van der Waals surface area contributed by atoms with E-state index < -0.39 is 17.8 Å². The van der Waals surface area contributed by atoms with E-state index >= 15 is 0 Å². The van der Waals surface area contributed by atoms with Crippen molar-refractivity contribution in [2.45, 2.75) is 114 Å². The van der Waals surface area contributed by atoms with E-state index in [1.165, 1.54) is 18.6 Å². The van der Waals surface area contributed by atoms with Gasteiger partial charge in [0.1, 0.15) is 16.7 Å². The van der Waals surface area contributed by atoms with Crippen LogP contribution in [0.25, 0.3) is 0 Å². The number of carbonyl (C=O) groups is 3. The average Bonchev–Trinajstić information content (AvgIpc) is 3.63. The molecule has 0 saturated heterocycles. The first kappa shape index (κ1) is 28.5. The molecule has 2 aromatic rings. The van der Waals surface area contributed by atoms with Crippen molar-refractivity contribution >= 4 is 34.9 Å². The first-order chi connectivity index (χ1) is 19.4. The number of amides is 3. The molecule has 0 bridgehead atoms. The number of nitrogens with two attached hydrogens (primary N) is 1. The third-order valence-corrected chi connectivity index (χ3v) is 9.55. The number of nitrogen functional groups attached to an aromatic ring is 1. The Morgan fingerprint density at radius 1 is 0.850 bits per heavy atom. The maximum Gasteiger partial charge on any atom is 0.273 e. The third kappa shape index (κ3) is 6.48. The summed E-state index contributed by atoms with van der Waals surface area (Å²) in [4.78, 5) is 43.1. The molecule has 0 aliphatic heterocycles. The van der Waals surface area contributed by atoms with E-state index in [1.54, 1.807) is 17.0 Å². The Bertz CT molecular complexity index is 1180. The van der Waals surface area contributed by atoms with Crippen molar-refractivity contribution in [1.82, 2.24) is 19.9 Å². The molecule has 3 saturated carbocycles. The summed E-state index contributed by atoms with van der Waals surface area (Å²) >= 11 is 0.905. The minimum Gasteiger partial charge on any atom is -0.395 e. The first-order valence-electron chi connectivity index (χ1n) is 14.9. The second-order valence-corrected chi connectivity index (χ2v) is 12.3. The van der Waals surface area contributed by atoms with Gasteiger partial charge in [-0.25, -0.2) is 4.39 Å². The quantitative estimate of drug-likeness (QED) is 0.388. The molecule has 0 spiro atoms. The number of anilines is 1. The molecule has 3 amide bonds. The molecular weight excluding hydrogens is 529 g/mol. The molecule has 3 aliphatic rings. The van der Waals surface area contributed by atoms with Gasteiger partial charge in [-0.05, 0) is 67.8 Å². The number of nitrogens with one attached hydrogen (secondary N) is 2. The van der Waals surface area contributed by atoms with Gasteiger partial charge in [0.25, 0.3) is 11.8 Å². The molecule has 216 valence electrons. The van der Waals surface area contributed by atoms with Crippen LogP contribution in [0.15, 0.2) is 24.3 Å². The van der Waals surface area contributed by atoms with Crippen molar-refractivity contribution in [1.29, 1.82) is 0 Å². The Labute approximate surface area is 239 Å².